The summed E-state index contributed by atoms with van der Waals surface area (Å²) >= 11 is 5.91. The summed E-state index contributed by atoms with van der Waals surface area (Å²) in [5.41, 5.74) is 2.07. The van der Waals surface area contributed by atoms with Crippen molar-refractivity contribution in [2.75, 3.05) is 0 Å². The first-order valence-electron chi connectivity index (χ1n) is 5.79. The SMILES string of the molecule is Cc1ccncc1C(=O)c1cc2cc(Cl)ccc2o1. The van der Waals surface area contributed by atoms with Gasteiger partial charge in [-0.1, -0.05) is 11.6 Å². The minimum atomic E-state index is -0.169. The molecule has 19 heavy (non-hydrogen) atoms. The maximum absolute atomic E-state index is 12.4. The van der Waals surface area contributed by atoms with Gasteiger partial charge in [-0.3, -0.25) is 9.78 Å². The lowest BCUT2D eigenvalue weighted by Gasteiger charge is -2.00. The summed E-state index contributed by atoms with van der Waals surface area (Å²) < 4.78 is 5.56. The van der Waals surface area contributed by atoms with Gasteiger partial charge in [0.05, 0.1) is 0 Å². The summed E-state index contributed by atoms with van der Waals surface area (Å²) in [5.74, 6) is 0.131. The number of halogens is 1. The van der Waals surface area contributed by atoms with Gasteiger partial charge >= 0.3 is 0 Å². The molecule has 4 heteroatoms. The van der Waals surface area contributed by atoms with E-state index in [0.717, 1.165) is 10.9 Å². The summed E-state index contributed by atoms with van der Waals surface area (Å²) in [4.78, 5) is 16.3. The van der Waals surface area contributed by atoms with Crippen LogP contribution in [0.4, 0.5) is 0 Å². The second kappa shape index (κ2) is 4.52. The molecule has 0 N–H and O–H groups in total. The first-order valence-corrected chi connectivity index (χ1v) is 6.17. The fraction of sp³-hybridized carbons (Fsp3) is 0.0667. The largest absolute Gasteiger partial charge is 0.453 e. The minimum Gasteiger partial charge on any atom is -0.453 e. The van der Waals surface area contributed by atoms with Gasteiger partial charge in [0.1, 0.15) is 5.58 Å². The van der Waals surface area contributed by atoms with Crippen LogP contribution in [0.2, 0.25) is 5.02 Å². The van der Waals surface area contributed by atoms with Gasteiger partial charge in [-0.05, 0) is 42.8 Å². The highest BCUT2D eigenvalue weighted by atomic mass is 35.5. The summed E-state index contributed by atoms with van der Waals surface area (Å²) in [6.07, 6.45) is 3.21. The van der Waals surface area contributed by atoms with Crippen molar-refractivity contribution < 1.29 is 9.21 Å². The summed E-state index contributed by atoms with van der Waals surface area (Å²) in [5, 5.41) is 1.43. The van der Waals surface area contributed by atoms with E-state index in [1.165, 1.54) is 0 Å². The number of hydrogen-bond donors (Lipinski definition) is 0. The van der Waals surface area contributed by atoms with Crippen LogP contribution in [0.15, 0.2) is 47.1 Å². The third-order valence-corrected chi connectivity index (χ3v) is 3.22. The third-order valence-electron chi connectivity index (χ3n) is 2.99. The van der Waals surface area contributed by atoms with Gasteiger partial charge < -0.3 is 4.42 Å². The summed E-state index contributed by atoms with van der Waals surface area (Å²) in [6, 6.07) is 8.76. The van der Waals surface area contributed by atoms with Crippen LogP contribution >= 0.6 is 11.6 Å². The maximum Gasteiger partial charge on any atom is 0.230 e. The predicted octanol–water partition coefficient (Wildman–Crippen LogP) is 4.02. The standard InChI is InChI=1S/C15H10ClNO2/c1-9-4-5-17-8-12(9)15(18)14-7-10-6-11(16)2-3-13(10)19-14/h2-8H,1H3. The number of hydrogen-bond acceptors (Lipinski definition) is 3. The Balaban J connectivity index is 2.09. The average molecular weight is 272 g/mol. The molecule has 0 unspecified atom stereocenters. The normalized spacial score (nSPS) is 10.8. The number of carbonyl (C=O) groups is 1. The molecule has 0 saturated heterocycles. The Labute approximate surface area is 114 Å². The molecule has 2 aromatic heterocycles. The van der Waals surface area contributed by atoms with Crippen molar-refractivity contribution in [2.24, 2.45) is 0 Å². The van der Waals surface area contributed by atoms with E-state index in [0.29, 0.717) is 21.9 Å². The lowest BCUT2D eigenvalue weighted by molar-refractivity contribution is 0.101. The van der Waals surface area contributed by atoms with Crippen molar-refractivity contribution >= 4 is 28.4 Å². The van der Waals surface area contributed by atoms with Crippen LogP contribution in [-0.4, -0.2) is 10.8 Å². The van der Waals surface area contributed by atoms with Crippen LogP contribution in [0.5, 0.6) is 0 Å². The molecule has 1 aromatic carbocycles. The van der Waals surface area contributed by atoms with E-state index in [-0.39, 0.29) is 5.78 Å². The molecule has 2 heterocycles. The Bertz CT molecular complexity index is 777. The molecule has 0 fully saturated rings. The van der Waals surface area contributed by atoms with E-state index in [9.17, 15) is 4.79 Å². The number of carbonyl (C=O) groups excluding carboxylic acids is 1. The van der Waals surface area contributed by atoms with Crippen molar-refractivity contribution in [1.29, 1.82) is 0 Å². The molecule has 3 nitrogen and oxygen atoms in total. The van der Waals surface area contributed by atoms with E-state index in [4.69, 9.17) is 16.0 Å². The zero-order valence-electron chi connectivity index (χ0n) is 10.2. The van der Waals surface area contributed by atoms with Gasteiger partial charge in [0.25, 0.3) is 0 Å². The zero-order chi connectivity index (χ0) is 13.4. The minimum absolute atomic E-state index is 0.169. The molecule has 0 amide bonds. The fourth-order valence-electron chi connectivity index (χ4n) is 1.96. The van der Waals surface area contributed by atoms with Crippen molar-refractivity contribution in [2.45, 2.75) is 6.92 Å². The third kappa shape index (κ3) is 2.13. The molecule has 0 aliphatic carbocycles. The molecule has 0 saturated carbocycles. The summed E-state index contributed by atoms with van der Waals surface area (Å²) in [7, 11) is 0. The van der Waals surface area contributed by atoms with E-state index < -0.39 is 0 Å². The van der Waals surface area contributed by atoms with Gasteiger partial charge in [-0.15, -0.1) is 0 Å². The molecular formula is C15H10ClNO2. The molecule has 0 aliphatic rings. The molecule has 0 radical (unpaired) electrons. The van der Waals surface area contributed by atoms with Gasteiger partial charge in [-0.2, -0.15) is 0 Å². The Kier molecular flexibility index (Phi) is 2.84. The Morgan fingerprint density at radius 3 is 2.89 bits per heavy atom. The first kappa shape index (κ1) is 11.9. The number of benzene rings is 1. The topological polar surface area (TPSA) is 43.1 Å². The summed E-state index contributed by atoms with van der Waals surface area (Å²) in [6.45, 7) is 1.87. The highest BCUT2D eigenvalue weighted by Gasteiger charge is 2.16. The van der Waals surface area contributed by atoms with Crippen LogP contribution in [0.1, 0.15) is 21.7 Å². The van der Waals surface area contributed by atoms with Crippen LogP contribution in [0, 0.1) is 6.92 Å². The molecule has 3 aromatic rings. The Hall–Kier alpha value is -2.13. The van der Waals surface area contributed by atoms with Gasteiger partial charge in [0.15, 0.2) is 5.76 Å². The number of aromatic nitrogens is 1. The van der Waals surface area contributed by atoms with Crippen LogP contribution < -0.4 is 0 Å². The quantitative estimate of drug-likeness (QED) is 0.661. The highest BCUT2D eigenvalue weighted by Crippen LogP contribution is 2.25. The van der Waals surface area contributed by atoms with Crippen molar-refractivity contribution in [3.05, 3.63) is 64.6 Å². The predicted molar refractivity (Wildman–Crippen MR) is 73.6 cm³/mol. The van der Waals surface area contributed by atoms with Gasteiger partial charge in [-0.25, -0.2) is 0 Å². The van der Waals surface area contributed by atoms with Gasteiger partial charge in [0.2, 0.25) is 5.78 Å². The fourth-order valence-corrected chi connectivity index (χ4v) is 2.14. The van der Waals surface area contributed by atoms with E-state index in [2.05, 4.69) is 4.98 Å². The van der Waals surface area contributed by atoms with Crippen molar-refractivity contribution in [1.82, 2.24) is 4.98 Å². The number of fused-ring (bicyclic) bond motifs is 1. The number of aryl methyl sites for hydroxylation is 1. The Morgan fingerprint density at radius 1 is 1.26 bits per heavy atom. The highest BCUT2D eigenvalue weighted by molar-refractivity contribution is 6.31. The molecule has 0 bridgehead atoms. The number of rotatable bonds is 2. The molecule has 3 rings (SSSR count). The number of nitrogens with zero attached hydrogens (tertiary/aromatic N) is 1. The second-order valence-corrected chi connectivity index (χ2v) is 4.75. The molecular weight excluding hydrogens is 262 g/mol. The van der Waals surface area contributed by atoms with Gasteiger partial charge in [0, 0.05) is 28.4 Å². The lowest BCUT2D eigenvalue weighted by atomic mass is 10.1. The molecule has 0 atom stereocenters. The molecule has 94 valence electrons. The monoisotopic (exact) mass is 271 g/mol. The van der Waals surface area contributed by atoms with Crippen LogP contribution in [0.3, 0.4) is 0 Å². The number of ketones is 1. The maximum atomic E-state index is 12.4. The zero-order valence-corrected chi connectivity index (χ0v) is 10.9. The molecule has 0 spiro atoms. The van der Waals surface area contributed by atoms with E-state index in [1.807, 2.05) is 6.92 Å². The van der Waals surface area contributed by atoms with Crippen molar-refractivity contribution in [3.8, 4) is 0 Å². The smallest absolute Gasteiger partial charge is 0.230 e. The lowest BCUT2D eigenvalue weighted by Crippen LogP contribution is -2.02. The second-order valence-electron chi connectivity index (χ2n) is 4.31. The van der Waals surface area contributed by atoms with Crippen molar-refractivity contribution in [3.63, 3.8) is 0 Å². The number of furan rings is 1. The number of pyridine rings is 1. The first-order chi connectivity index (χ1) is 9.15. The molecule has 0 aliphatic heterocycles. The Morgan fingerprint density at radius 2 is 2.11 bits per heavy atom. The van der Waals surface area contributed by atoms with E-state index in [1.54, 1.807) is 42.7 Å². The van der Waals surface area contributed by atoms with Crippen LogP contribution in [0.25, 0.3) is 11.0 Å². The average Bonchev–Trinajstić information content (AvgIpc) is 2.81. The van der Waals surface area contributed by atoms with E-state index >= 15 is 0 Å². The van der Waals surface area contributed by atoms with Crippen LogP contribution in [-0.2, 0) is 0 Å².